The Morgan fingerprint density at radius 2 is 2.16 bits per heavy atom. The summed E-state index contributed by atoms with van der Waals surface area (Å²) < 4.78 is 0. The molecule has 19 heavy (non-hydrogen) atoms. The normalized spacial score (nSPS) is 23.3. The van der Waals surface area contributed by atoms with Crippen LogP contribution in [0.3, 0.4) is 0 Å². The van der Waals surface area contributed by atoms with Gasteiger partial charge in [0.1, 0.15) is 6.04 Å². The zero-order chi connectivity index (χ0) is 13.8. The maximum absolute atomic E-state index is 12.0. The Bertz CT molecular complexity index is 448. The molecule has 4 heteroatoms. The van der Waals surface area contributed by atoms with Crippen LogP contribution in [0.25, 0.3) is 0 Å². The average molecular weight is 262 g/mol. The maximum Gasteiger partial charge on any atom is 0.242 e. The highest BCUT2D eigenvalue weighted by atomic mass is 16.3. The number of benzene rings is 1. The van der Waals surface area contributed by atoms with Gasteiger partial charge in [0.2, 0.25) is 5.91 Å². The number of para-hydroxylation sites is 1. The van der Waals surface area contributed by atoms with E-state index in [-0.39, 0.29) is 24.6 Å². The molecule has 0 bridgehead atoms. The van der Waals surface area contributed by atoms with Crippen LogP contribution in [0, 0.1) is 0 Å². The van der Waals surface area contributed by atoms with Crippen LogP contribution in [0.5, 0.6) is 0 Å². The lowest BCUT2D eigenvalue weighted by molar-refractivity contribution is -0.124. The topological polar surface area (TPSA) is 52.6 Å². The number of rotatable bonds is 4. The molecule has 0 aliphatic carbocycles. The van der Waals surface area contributed by atoms with Crippen molar-refractivity contribution in [2.24, 2.45) is 0 Å². The molecule has 1 aromatic carbocycles. The third-order valence-electron chi connectivity index (χ3n) is 3.74. The van der Waals surface area contributed by atoms with Gasteiger partial charge in [-0.25, -0.2) is 0 Å². The monoisotopic (exact) mass is 262 g/mol. The summed E-state index contributed by atoms with van der Waals surface area (Å²) in [5.74, 6) is 0.0121. The Balaban J connectivity index is 2.39. The predicted molar refractivity (Wildman–Crippen MR) is 76.3 cm³/mol. The van der Waals surface area contributed by atoms with Gasteiger partial charge in [0.15, 0.2) is 0 Å². The number of hydrogen-bond donors (Lipinski definition) is 2. The minimum absolute atomic E-state index is 0.0121. The Kier molecular flexibility index (Phi) is 4.43. The minimum atomic E-state index is -0.276. The van der Waals surface area contributed by atoms with Gasteiger partial charge in [-0.3, -0.25) is 4.79 Å². The summed E-state index contributed by atoms with van der Waals surface area (Å²) in [6.45, 7) is 4.90. The molecule has 1 aliphatic heterocycles. The molecule has 1 fully saturated rings. The number of aliphatic hydroxyl groups is 1. The highest BCUT2D eigenvalue weighted by Crippen LogP contribution is 2.28. The zero-order valence-electron chi connectivity index (χ0n) is 11.6. The molecule has 2 N–H and O–H groups in total. The van der Waals surface area contributed by atoms with Gasteiger partial charge < -0.3 is 15.3 Å². The molecule has 1 aliphatic rings. The number of anilines is 1. The van der Waals surface area contributed by atoms with Crippen molar-refractivity contribution in [1.29, 1.82) is 0 Å². The second kappa shape index (κ2) is 6.06. The predicted octanol–water partition coefficient (Wildman–Crippen LogP) is 1.32. The summed E-state index contributed by atoms with van der Waals surface area (Å²) in [4.78, 5) is 14.2. The number of hydrogen-bond acceptors (Lipinski definition) is 3. The van der Waals surface area contributed by atoms with Crippen LogP contribution in [-0.2, 0) is 11.2 Å². The molecule has 2 atom stereocenters. The molecule has 4 nitrogen and oxygen atoms in total. The van der Waals surface area contributed by atoms with E-state index in [1.807, 2.05) is 12.1 Å². The van der Waals surface area contributed by atoms with Gasteiger partial charge in [-0.05, 0) is 31.4 Å². The smallest absolute Gasteiger partial charge is 0.242 e. The first-order valence-corrected chi connectivity index (χ1v) is 6.93. The molecule has 0 radical (unpaired) electrons. The van der Waals surface area contributed by atoms with Crippen molar-refractivity contribution >= 4 is 11.6 Å². The maximum atomic E-state index is 12.0. The van der Waals surface area contributed by atoms with Gasteiger partial charge >= 0.3 is 0 Å². The van der Waals surface area contributed by atoms with Gasteiger partial charge in [-0.1, -0.05) is 25.1 Å². The number of nitrogens with zero attached hydrogens (tertiary/aromatic N) is 1. The molecule has 1 saturated heterocycles. The third kappa shape index (κ3) is 2.73. The van der Waals surface area contributed by atoms with Crippen molar-refractivity contribution in [1.82, 2.24) is 5.32 Å². The fourth-order valence-electron chi connectivity index (χ4n) is 2.76. The van der Waals surface area contributed by atoms with E-state index in [2.05, 4.69) is 36.2 Å². The molecule has 104 valence electrons. The van der Waals surface area contributed by atoms with Gasteiger partial charge in [0.25, 0.3) is 0 Å². The lowest BCUT2D eigenvalue weighted by atomic mass is 10.0. The zero-order valence-corrected chi connectivity index (χ0v) is 11.6. The van der Waals surface area contributed by atoms with E-state index >= 15 is 0 Å². The quantitative estimate of drug-likeness (QED) is 0.860. The fourth-order valence-corrected chi connectivity index (χ4v) is 2.76. The second-order valence-corrected chi connectivity index (χ2v) is 5.01. The van der Waals surface area contributed by atoms with Crippen molar-refractivity contribution in [3.8, 4) is 0 Å². The summed E-state index contributed by atoms with van der Waals surface area (Å²) in [5, 5.41) is 12.1. The molecule has 2 rings (SSSR count). The summed E-state index contributed by atoms with van der Waals surface area (Å²) in [6, 6.07) is 8.16. The Hall–Kier alpha value is -1.55. The molecule has 1 aromatic rings. The first kappa shape index (κ1) is 13.9. The molecule has 2 unspecified atom stereocenters. The lowest BCUT2D eigenvalue weighted by Gasteiger charge is -2.42. The Labute approximate surface area is 114 Å². The highest BCUT2D eigenvalue weighted by Gasteiger charge is 2.34. The molecule has 0 aromatic heterocycles. The first-order chi connectivity index (χ1) is 9.19. The van der Waals surface area contributed by atoms with Crippen LogP contribution < -0.4 is 10.2 Å². The number of nitrogens with one attached hydrogen (secondary N) is 1. The van der Waals surface area contributed by atoms with Gasteiger partial charge in [-0.2, -0.15) is 0 Å². The second-order valence-electron chi connectivity index (χ2n) is 5.01. The lowest BCUT2D eigenvalue weighted by Crippen LogP contribution is -2.60. The van der Waals surface area contributed by atoms with E-state index in [1.165, 1.54) is 5.56 Å². The molecule has 1 heterocycles. The number of aryl methyl sites for hydroxylation is 1. The molecular formula is C15H22N2O2. The van der Waals surface area contributed by atoms with Crippen molar-refractivity contribution in [3.05, 3.63) is 29.8 Å². The summed E-state index contributed by atoms with van der Waals surface area (Å²) in [6.07, 6.45) is 1.40. The average Bonchev–Trinajstić information content (AvgIpc) is 2.43. The number of aliphatic hydroxyl groups excluding tert-OH is 1. The highest BCUT2D eigenvalue weighted by molar-refractivity contribution is 5.87. The van der Waals surface area contributed by atoms with Crippen molar-refractivity contribution in [2.45, 2.75) is 38.8 Å². The molecule has 0 saturated carbocycles. The minimum Gasteiger partial charge on any atom is -0.396 e. The van der Waals surface area contributed by atoms with Crippen molar-refractivity contribution < 1.29 is 9.90 Å². The summed E-state index contributed by atoms with van der Waals surface area (Å²) >= 11 is 0. The SMILES string of the molecule is CCc1ccccc1N1C(C)CNC(=O)C1CCO. The first-order valence-electron chi connectivity index (χ1n) is 6.93. The van der Waals surface area contributed by atoms with Crippen LogP contribution in [0.1, 0.15) is 25.8 Å². The van der Waals surface area contributed by atoms with Gasteiger partial charge in [0, 0.05) is 24.9 Å². The van der Waals surface area contributed by atoms with Crippen LogP contribution in [0.4, 0.5) is 5.69 Å². The number of amides is 1. The Morgan fingerprint density at radius 1 is 1.42 bits per heavy atom. The van der Waals surface area contributed by atoms with Crippen LogP contribution in [0.2, 0.25) is 0 Å². The van der Waals surface area contributed by atoms with Crippen molar-refractivity contribution in [2.75, 3.05) is 18.1 Å². The van der Waals surface area contributed by atoms with Crippen LogP contribution >= 0.6 is 0 Å². The van der Waals surface area contributed by atoms with Crippen LogP contribution in [0.15, 0.2) is 24.3 Å². The fraction of sp³-hybridized carbons (Fsp3) is 0.533. The number of carbonyl (C=O) groups excluding carboxylic acids is 1. The standard InChI is InChI=1S/C15H22N2O2/c1-3-12-6-4-5-7-13(12)17-11(2)10-16-15(19)14(17)8-9-18/h4-7,11,14,18H,3,8-10H2,1-2H3,(H,16,19). The van der Waals surface area contributed by atoms with Gasteiger partial charge in [-0.15, -0.1) is 0 Å². The molecule has 0 spiro atoms. The van der Waals surface area contributed by atoms with Crippen LogP contribution in [-0.4, -0.2) is 36.2 Å². The molecule has 1 amide bonds. The number of piperazine rings is 1. The van der Waals surface area contributed by atoms with E-state index in [1.54, 1.807) is 0 Å². The van der Waals surface area contributed by atoms with Crippen molar-refractivity contribution in [3.63, 3.8) is 0 Å². The molecular weight excluding hydrogens is 240 g/mol. The van der Waals surface area contributed by atoms with Gasteiger partial charge in [0.05, 0.1) is 0 Å². The van der Waals surface area contributed by atoms with E-state index in [0.717, 1.165) is 12.1 Å². The van der Waals surface area contributed by atoms with E-state index < -0.39 is 0 Å². The summed E-state index contributed by atoms with van der Waals surface area (Å²) in [5.41, 5.74) is 2.36. The number of carbonyl (C=O) groups is 1. The third-order valence-corrected chi connectivity index (χ3v) is 3.74. The largest absolute Gasteiger partial charge is 0.396 e. The van der Waals surface area contributed by atoms with E-state index in [9.17, 15) is 9.90 Å². The Morgan fingerprint density at radius 3 is 2.84 bits per heavy atom. The summed E-state index contributed by atoms with van der Waals surface area (Å²) in [7, 11) is 0. The van der Waals surface area contributed by atoms with E-state index in [4.69, 9.17) is 0 Å². The van der Waals surface area contributed by atoms with E-state index in [0.29, 0.717) is 13.0 Å².